The highest BCUT2D eigenvalue weighted by Crippen LogP contribution is 2.67. The van der Waals surface area contributed by atoms with Crippen molar-refractivity contribution in [3.63, 3.8) is 0 Å². The highest BCUT2D eigenvalue weighted by molar-refractivity contribution is 5.78. The molecule has 1 aliphatic heterocycles. The lowest BCUT2D eigenvalue weighted by atomic mass is 9.48. The fourth-order valence-electron chi connectivity index (χ4n) is 9.65. The molecule has 192 valence electrons. The average Bonchev–Trinajstić information content (AvgIpc) is 3.41. The number of carbonyl (C=O) groups is 2. The van der Waals surface area contributed by atoms with Crippen molar-refractivity contribution in [1.29, 1.82) is 0 Å². The minimum atomic E-state index is -0.104. The number of aromatic nitrogens is 2. The lowest BCUT2D eigenvalue weighted by Crippen LogP contribution is -2.62. The van der Waals surface area contributed by atoms with Crippen molar-refractivity contribution < 1.29 is 14.1 Å². The molecule has 2 aromatic heterocycles. The number of nitrogens with zero attached hydrogens (tertiary/aromatic N) is 3. The third-order valence-corrected chi connectivity index (χ3v) is 11.2. The van der Waals surface area contributed by atoms with Crippen LogP contribution in [0.4, 0.5) is 0 Å². The van der Waals surface area contributed by atoms with Crippen molar-refractivity contribution in [2.75, 3.05) is 13.6 Å². The molecule has 2 N–H and O–H groups in total. The number of likely N-dealkylation sites (N-methyl/N-ethyl adjacent to an activating group) is 1. The molecular weight excluding hydrogens is 448 g/mol. The number of likely N-dealkylation sites (tertiary alicyclic amines) is 1. The van der Waals surface area contributed by atoms with Gasteiger partial charge in [-0.05, 0) is 86.3 Å². The molecule has 1 unspecified atom stereocenters. The standard InChI is InChI=1S/C30H40N4O2/c1-19-17-21-22-8-9-24(28(31)36)29(22,2)13-10-23(21)30(3)14-11-26(35)34(4,27(19)30)16-12-20-18-33-15-6-5-7-25(33)32-20/h5-7,15,18,21-24H,8-14,16-17H2,1-4H3,(H-,31,36)/p+1/t21-,22-,23-,24+,29-,30+,34?/m0/s1. The van der Waals surface area contributed by atoms with Crippen molar-refractivity contribution in [3.05, 3.63) is 47.6 Å². The Bertz CT molecular complexity index is 1250. The van der Waals surface area contributed by atoms with Crippen molar-refractivity contribution in [2.24, 2.45) is 40.2 Å². The summed E-state index contributed by atoms with van der Waals surface area (Å²) in [7, 11) is 2.17. The minimum absolute atomic E-state index is 0.0151. The van der Waals surface area contributed by atoms with Crippen LogP contribution in [-0.4, -0.2) is 39.3 Å². The molecular formula is C30H41N4O2+. The van der Waals surface area contributed by atoms with Gasteiger partial charge in [-0.1, -0.05) is 19.9 Å². The summed E-state index contributed by atoms with van der Waals surface area (Å²) in [6.45, 7) is 7.84. The van der Waals surface area contributed by atoms with E-state index in [0.717, 1.165) is 62.8 Å². The Morgan fingerprint density at radius 2 is 2.00 bits per heavy atom. The number of fused-ring (bicyclic) bond motifs is 6. The monoisotopic (exact) mass is 489 g/mol. The molecule has 0 aromatic carbocycles. The number of amides is 2. The Kier molecular flexibility index (Phi) is 5.32. The van der Waals surface area contributed by atoms with Gasteiger partial charge in [-0.25, -0.2) is 14.3 Å². The van der Waals surface area contributed by atoms with Crippen LogP contribution < -0.4 is 5.73 Å². The van der Waals surface area contributed by atoms with Gasteiger partial charge in [0.1, 0.15) is 11.3 Å². The van der Waals surface area contributed by atoms with Crippen LogP contribution in [0, 0.1) is 34.5 Å². The highest BCUT2D eigenvalue weighted by atomic mass is 16.2. The van der Waals surface area contributed by atoms with Crippen LogP contribution in [0.1, 0.15) is 71.4 Å². The van der Waals surface area contributed by atoms with Crippen LogP contribution in [0.5, 0.6) is 0 Å². The number of piperidine rings is 1. The summed E-state index contributed by atoms with van der Waals surface area (Å²) in [5.74, 6) is 1.97. The number of carbonyl (C=O) groups excluding carboxylic acids is 2. The summed E-state index contributed by atoms with van der Waals surface area (Å²) in [5.41, 5.74) is 10.7. The van der Waals surface area contributed by atoms with Gasteiger partial charge in [0.05, 0.1) is 25.7 Å². The van der Waals surface area contributed by atoms with E-state index in [-0.39, 0.29) is 22.7 Å². The van der Waals surface area contributed by atoms with Crippen LogP contribution in [0.25, 0.3) is 5.65 Å². The largest absolute Gasteiger partial charge is 0.369 e. The summed E-state index contributed by atoms with van der Waals surface area (Å²) in [6, 6.07) is 6.06. The van der Waals surface area contributed by atoms with E-state index < -0.39 is 0 Å². The number of rotatable bonds is 4. The van der Waals surface area contributed by atoms with Gasteiger partial charge < -0.3 is 10.1 Å². The van der Waals surface area contributed by atoms with Crippen molar-refractivity contribution in [3.8, 4) is 0 Å². The molecule has 2 saturated carbocycles. The number of hydrogen-bond acceptors (Lipinski definition) is 3. The zero-order valence-electron chi connectivity index (χ0n) is 22.3. The van der Waals surface area contributed by atoms with Gasteiger partial charge in [-0.15, -0.1) is 0 Å². The molecule has 36 heavy (non-hydrogen) atoms. The third kappa shape index (κ3) is 3.22. The predicted octanol–water partition coefficient (Wildman–Crippen LogP) is 4.87. The molecule has 1 saturated heterocycles. The number of primary amides is 1. The summed E-state index contributed by atoms with van der Waals surface area (Å²) >= 11 is 0. The maximum Gasteiger partial charge on any atom is 0.318 e. The molecule has 0 bridgehead atoms. The molecule has 2 aromatic rings. The first-order valence-corrected chi connectivity index (χ1v) is 13.9. The summed E-state index contributed by atoms with van der Waals surface area (Å²) < 4.78 is 2.48. The summed E-state index contributed by atoms with van der Waals surface area (Å²) in [4.78, 5) is 30.7. The zero-order valence-corrected chi connectivity index (χ0v) is 22.3. The van der Waals surface area contributed by atoms with E-state index in [1.807, 2.05) is 24.4 Å². The molecule has 0 radical (unpaired) electrons. The van der Waals surface area contributed by atoms with Crippen LogP contribution >= 0.6 is 0 Å². The second kappa shape index (κ2) is 8.01. The van der Waals surface area contributed by atoms with E-state index in [1.54, 1.807) is 0 Å². The molecule has 3 aliphatic carbocycles. The Morgan fingerprint density at radius 1 is 1.19 bits per heavy atom. The van der Waals surface area contributed by atoms with Gasteiger partial charge >= 0.3 is 5.91 Å². The van der Waals surface area contributed by atoms with Crippen molar-refractivity contribution >= 4 is 17.5 Å². The number of imidazole rings is 1. The molecule has 0 spiro atoms. The minimum Gasteiger partial charge on any atom is -0.369 e. The van der Waals surface area contributed by atoms with E-state index in [1.165, 1.54) is 11.3 Å². The van der Waals surface area contributed by atoms with Crippen LogP contribution in [0.15, 0.2) is 41.9 Å². The van der Waals surface area contributed by atoms with Gasteiger partial charge in [0, 0.05) is 30.1 Å². The highest BCUT2D eigenvalue weighted by Gasteiger charge is 2.64. The quantitative estimate of drug-likeness (QED) is 0.623. The summed E-state index contributed by atoms with van der Waals surface area (Å²) in [6.07, 6.45) is 11.8. The van der Waals surface area contributed by atoms with Crippen molar-refractivity contribution in [2.45, 2.75) is 72.1 Å². The molecule has 7 atom stereocenters. The Labute approximate surface area is 214 Å². The third-order valence-electron chi connectivity index (χ3n) is 11.2. The van der Waals surface area contributed by atoms with E-state index in [2.05, 4.69) is 38.4 Å². The second-order valence-electron chi connectivity index (χ2n) is 13.0. The van der Waals surface area contributed by atoms with Crippen LogP contribution in [0.3, 0.4) is 0 Å². The van der Waals surface area contributed by atoms with Gasteiger partial charge in [-0.2, -0.15) is 0 Å². The lowest BCUT2D eigenvalue weighted by Gasteiger charge is -2.59. The van der Waals surface area contributed by atoms with E-state index in [4.69, 9.17) is 10.7 Å². The molecule has 6 rings (SSSR count). The topological polar surface area (TPSA) is 77.5 Å². The van der Waals surface area contributed by atoms with E-state index in [9.17, 15) is 9.59 Å². The number of quaternary nitrogens is 1. The fourth-order valence-corrected chi connectivity index (χ4v) is 9.65. The number of hydrogen-bond donors (Lipinski definition) is 1. The molecule has 6 heteroatoms. The first-order chi connectivity index (χ1) is 17.1. The molecule has 2 amide bonds. The second-order valence-corrected chi connectivity index (χ2v) is 13.0. The van der Waals surface area contributed by atoms with Gasteiger partial charge in [-0.3, -0.25) is 4.79 Å². The summed E-state index contributed by atoms with van der Waals surface area (Å²) in [5, 5.41) is 0. The number of nitrogens with two attached hydrogens (primary N) is 1. The Hall–Kier alpha value is -2.47. The maximum absolute atomic E-state index is 13.6. The Balaban J connectivity index is 1.34. The maximum atomic E-state index is 13.6. The molecule has 4 aliphatic rings. The molecule has 3 heterocycles. The van der Waals surface area contributed by atoms with Crippen LogP contribution in [0.2, 0.25) is 0 Å². The normalized spacial score (nSPS) is 40.2. The number of allylic oxidation sites excluding steroid dienone is 2. The molecule has 6 nitrogen and oxygen atoms in total. The van der Waals surface area contributed by atoms with Crippen molar-refractivity contribution in [1.82, 2.24) is 9.38 Å². The first-order valence-electron chi connectivity index (χ1n) is 13.9. The average molecular weight is 490 g/mol. The van der Waals surface area contributed by atoms with E-state index >= 15 is 0 Å². The van der Waals surface area contributed by atoms with E-state index in [0.29, 0.717) is 34.6 Å². The lowest BCUT2D eigenvalue weighted by molar-refractivity contribution is -0.808. The van der Waals surface area contributed by atoms with Gasteiger partial charge in [0.25, 0.3) is 0 Å². The smallest absolute Gasteiger partial charge is 0.318 e. The van der Waals surface area contributed by atoms with Gasteiger partial charge in [0.2, 0.25) is 5.91 Å². The van der Waals surface area contributed by atoms with Crippen LogP contribution in [-0.2, 0) is 16.0 Å². The zero-order chi connectivity index (χ0) is 25.5. The Morgan fingerprint density at radius 3 is 2.75 bits per heavy atom. The number of pyridine rings is 1. The predicted molar refractivity (Wildman–Crippen MR) is 139 cm³/mol. The fraction of sp³-hybridized carbons (Fsp3) is 0.633. The van der Waals surface area contributed by atoms with Gasteiger partial charge in [0.15, 0.2) is 0 Å². The molecule has 3 fully saturated rings. The SMILES string of the molecule is CC1=C2[C@](C)(CCC(=O)[N+]2(C)CCc2cn3ccccc3n2)[C@H]2CC[C@]3(C)[C@@H](C(N)=O)CC[C@H]3[C@@H]2C1. The first kappa shape index (κ1) is 23.9.